The predicted molar refractivity (Wildman–Crippen MR) is 65.1 cm³/mol. The molecule has 0 saturated heterocycles. The average Bonchev–Trinajstić information content (AvgIpc) is 2.22. The van der Waals surface area contributed by atoms with Crippen molar-refractivity contribution < 1.29 is 0 Å². The van der Waals surface area contributed by atoms with E-state index in [2.05, 4.69) is 23.8 Å². The molecule has 5 heteroatoms. The lowest BCUT2D eigenvalue weighted by Crippen LogP contribution is -2.17. The van der Waals surface area contributed by atoms with E-state index in [0.717, 1.165) is 6.42 Å². The summed E-state index contributed by atoms with van der Waals surface area (Å²) in [5.74, 6) is 1.70. The van der Waals surface area contributed by atoms with Crippen LogP contribution in [-0.2, 0) is 5.75 Å². The zero-order valence-corrected chi connectivity index (χ0v) is 10.1. The number of nitrogens with one attached hydrogen (secondary N) is 1. The van der Waals surface area contributed by atoms with Gasteiger partial charge in [0, 0.05) is 5.25 Å². The standard InChI is InChI=1S/C10H17N3OS/c1-4-6(2)15-5-8-12-9(11)7(3)10(14)13-8/h6H,4-5H2,1-3H3,(H3,11,12,13,14). The van der Waals surface area contributed by atoms with Crippen molar-refractivity contribution in [3.05, 3.63) is 21.7 Å². The van der Waals surface area contributed by atoms with Crippen LogP contribution in [0, 0.1) is 6.92 Å². The molecule has 1 unspecified atom stereocenters. The second kappa shape index (κ2) is 5.21. The summed E-state index contributed by atoms with van der Waals surface area (Å²) in [5.41, 5.74) is 5.98. The Labute approximate surface area is 93.7 Å². The first-order valence-electron chi connectivity index (χ1n) is 5.01. The molecule has 1 heterocycles. The minimum atomic E-state index is -0.137. The molecule has 0 bridgehead atoms. The molecule has 0 radical (unpaired) electrons. The molecule has 84 valence electrons. The van der Waals surface area contributed by atoms with Crippen molar-refractivity contribution in [1.29, 1.82) is 0 Å². The normalized spacial score (nSPS) is 12.7. The lowest BCUT2D eigenvalue weighted by Gasteiger charge is -2.08. The van der Waals surface area contributed by atoms with E-state index in [9.17, 15) is 4.79 Å². The van der Waals surface area contributed by atoms with Gasteiger partial charge in [0.05, 0.1) is 11.3 Å². The van der Waals surface area contributed by atoms with Gasteiger partial charge >= 0.3 is 0 Å². The number of thioether (sulfide) groups is 1. The quantitative estimate of drug-likeness (QED) is 0.821. The van der Waals surface area contributed by atoms with Crippen LogP contribution in [-0.4, -0.2) is 15.2 Å². The molecule has 1 aromatic heterocycles. The van der Waals surface area contributed by atoms with Gasteiger partial charge in [-0.15, -0.1) is 0 Å². The first-order chi connectivity index (χ1) is 7.04. The van der Waals surface area contributed by atoms with E-state index in [1.807, 2.05) is 0 Å². The first-order valence-corrected chi connectivity index (χ1v) is 6.06. The lowest BCUT2D eigenvalue weighted by molar-refractivity contribution is 0.899. The Balaban J connectivity index is 2.75. The maximum atomic E-state index is 11.4. The van der Waals surface area contributed by atoms with E-state index in [4.69, 9.17) is 5.73 Å². The van der Waals surface area contributed by atoms with Gasteiger partial charge in [0.15, 0.2) is 0 Å². The lowest BCUT2D eigenvalue weighted by atomic mass is 10.3. The third kappa shape index (κ3) is 3.27. The smallest absolute Gasteiger partial charge is 0.255 e. The van der Waals surface area contributed by atoms with Crippen LogP contribution in [0.25, 0.3) is 0 Å². The maximum Gasteiger partial charge on any atom is 0.255 e. The fraction of sp³-hybridized carbons (Fsp3) is 0.600. The number of nitrogens with two attached hydrogens (primary N) is 1. The van der Waals surface area contributed by atoms with E-state index in [1.54, 1.807) is 18.7 Å². The first kappa shape index (κ1) is 12.1. The van der Waals surface area contributed by atoms with Crippen molar-refractivity contribution in [2.24, 2.45) is 0 Å². The summed E-state index contributed by atoms with van der Waals surface area (Å²) < 4.78 is 0. The van der Waals surface area contributed by atoms with Gasteiger partial charge in [-0.1, -0.05) is 13.8 Å². The molecule has 0 aliphatic carbocycles. The molecule has 1 rings (SSSR count). The van der Waals surface area contributed by atoms with Gasteiger partial charge < -0.3 is 10.7 Å². The molecule has 4 nitrogen and oxygen atoms in total. The van der Waals surface area contributed by atoms with E-state index >= 15 is 0 Å². The highest BCUT2D eigenvalue weighted by Crippen LogP contribution is 2.17. The summed E-state index contributed by atoms with van der Waals surface area (Å²) in [4.78, 5) is 18.3. The fourth-order valence-electron chi connectivity index (χ4n) is 1.01. The highest BCUT2D eigenvalue weighted by Gasteiger charge is 2.06. The molecule has 0 saturated carbocycles. The molecule has 3 N–H and O–H groups in total. The molecule has 0 aromatic carbocycles. The van der Waals surface area contributed by atoms with Gasteiger partial charge in [0.25, 0.3) is 5.56 Å². The fourth-order valence-corrected chi connectivity index (χ4v) is 1.82. The Kier molecular flexibility index (Phi) is 4.20. The molecule has 0 aliphatic rings. The number of nitrogen functional groups attached to an aromatic ring is 1. The Morgan fingerprint density at radius 1 is 1.60 bits per heavy atom. The van der Waals surface area contributed by atoms with E-state index < -0.39 is 0 Å². The largest absolute Gasteiger partial charge is 0.383 e. The molecule has 0 fully saturated rings. The molecule has 0 spiro atoms. The van der Waals surface area contributed by atoms with Gasteiger partial charge in [-0.25, -0.2) is 4.98 Å². The number of H-pyrrole nitrogens is 1. The van der Waals surface area contributed by atoms with Crippen LogP contribution in [0.4, 0.5) is 5.82 Å². The van der Waals surface area contributed by atoms with E-state index in [0.29, 0.717) is 28.2 Å². The summed E-state index contributed by atoms with van der Waals surface area (Å²) in [6.45, 7) is 5.96. The highest BCUT2D eigenvalue weighted by atomic mass is 32.2. The van der Waals surface area contributed by atoms with Gasteiger partial charge in [-0.3, -0.25) is 4.79 Å². The van der Waals surface area contributed by atoms with Crippen LogP contribution in [0.5, 0.6) is 0 Å². The zero-order chi connectivity index (χ0) is 11.4. The van der Waals surface area contributed by atoms with Crippen molar-refractivity contribution in [2.45, 2.75) is 38.2 Å². The van der Waals surface area contributed by atoms with Crippen LogP contribution in [0.1, 0.15) is 31.7 Å². The molecular weight excluding hydrogens is 210 g/mol. The van der Waals surface area contributed by atoms with Crippen LogP contribution in [0.2, 0.25) is 0 Å². The Morgan fingerprint density at radius 3 is 2.80 bits per heavy atom. The summed E-state index contributed by atoms with van der Waals surface area (Å²) in [7, 11) is 0. The van der Waals surface area contributed by atoms with Gasteiger partial charge in [-0.05, 0) is 13.3 Å². The minimum Gasteiger partial charge on any atom is -0.383 e. The molecule has 0 aliphatic heterocycles. The zero-order valence-electron chi connectivity index (χ0n) is 9.33. The minimum absolute atomic E-state index is 0.137. The second-order valence-corrected chi connectivity index (χ2v) is 4.98. The monoisotopic (exact) mass is 227 g/mol. The third-order valence-electron chi connectivity index (χ3n) is 2.32. The van der Waals surface area contributed by atoms with E-state index in [-0.39, 0.29) is 5.56 Å². The maximum absolute atomic E-state index is 11.4. The molecule has 0 amide bonds. The number of hydrogen-bond donors (Lipinski definition) is 2. The summed E-state index contributed by atoms with van der Waals surface area (Å²) in [6, 6.07) is 0. The Hall–Kier alpha value is -0.970. The average molecular weight is 227 g/mol. The molecular formula is C10H17N3OS. The van der Waals surface area contributed by atoms with Crippen LogP contribution < -0.4 is 11.3 Å². The van der Waals surface area contributed by atoms with Gasteiger partial charge in [0.2, 0.25) is 0 Å². The number of aromatic nitrogens is 2. The van der Waals surface area contributed by atoms with Crippen molar-refractivity contribution >= 4 is 17.6 Å². The second-order valence-electron chi connectivity index (χ2n) is 3.55. The number of rotatable bonds is 4. The SMILES string of the molecule is CCC(C)SCc1nc(N)c(C)c(=O)[nH]1. The van der Waals surface area contributed by atoms with Crippen LogP contribution >= 0.6 is 11.8 Å². The number of anilines is 1. The third-order valence-corrected chi connectivity index (χ3v) is 3.66. The van der Waals surface area contributed by atoms with Gasteiger partial charge in [-0.2, -0.15) is 11.8 Å². The van der Waals surface area contributed by atoms with Crippen molar-refractivity contribution in [2.75, 3.05) is 5.73 Å². The number of aromatic amines is 1. The molecule has 15 heavy (non-hydrogen) atoms. The highest BCUT2D eigenvalue weighted by molar-refractivity contribution is 7.99. The topological polar surface area (TPSA) is 71.8 Å². The Morgan fingerprint density at radius 2 is 2.27 bits per heavy atom. The molecule has 1 atom stereocenters. The van der Waals surface area contributed by atoms with Gasteiger partial charge in [0.1, 0.15) is 11.6 Å². The number of nitrogens with zero attached hydrogens (tertiary/aromatic N) is 1. The summed E-state index contributed by atoms with van der Waals surface area (Å²) in [6.07, 6.45) is 1.11. The van der Waals surface area contributed by atoms with Crippen LogP contribution in [0.15, 0.2) is 4.79 Å². The van der Waals surface area contributed by atoms with E-state index in [1.165, 1.54) is 0 Å². The Bertz CT molecular complexity index is 389. The predicted octanol–water partition coefficient (Wildman–Crippen LogP) is 1.69. The van der Waals surface area contributed by atoms with Crippen molar-refractivity contribution in [3.63, 3.8) is 0 Å². The summed E-state index contributed by atoms with van der Waals surface area (Å²) >= 11 is 1.76. The summed E-state index contributed by atoms with van der Waals surface area (Å²) in [5, 5.41) is 0.567. The molecule has 1 aromatic rings. The van der Waals surface area contributed by atoms with Crippen molar-refractivity contribution in [1.82, 2.24) is 9.97 Å². The van der Waals surface area contributed by atoms with Crippen LogP contribution in [0.3, 0.4) is 0 Å². The number of hydrogen-bond acceptors (Lipinski definition) is 4. The van der Waals surface area contributed by atoms with Crippen molar-refractivity contribution in [3.8, 4) is 0 Å².